The fourth-order valence-electron chi connectivity index (χ4n) is 1.02. The van der Waals surface area contributed by atoms with Gasteiger partial charge in [0.15, 0.2) is 0 Å². The average Bonchev–Trinajstić information content (AvgIpc) is 2.11. The van der Waals surface area contributed by atoms with E-state index in [-0.39, 0.29) is 71.4 Å². The standard InChI is InChI=1S/C8H20O5P2.2Na/c1-3-5-6-7-8-15(11,12)13-14(9,10)4-2;;/h3-8H2,1-2H3,(H,9,10)(H,11,12);;/q;2*+1/p-2. The van der Waals surface area contributed by atoms with Gasteiger partial charge in [0.2, 0.25) is 0 Å². The zero-order valence-electron chi connectivity index (χ0n) is 11.2. The van der Waals surface area contributed by atoms with E-state index in [1.807, 2.05) is 6.92 Å². The first-order valence-electron chi connectivity index (χ1n) is 5.14. The third kappa shape index (κ3) is 14.6. The molecular weight excluding hydrogens is 284 g/mol. The Morgan fingerprint density at radius 1 is 0.941 bits per heavy atom. The predicted octanol–water partition coefficient (Wildman–Crippen LogP) is -4.28. The molecule has 92 valence electrons. The van der Waals surface area contributed by atoms with Crippen LogP contribution >= 0.6 is 15.2 Å². The van der Waals surface area contributed by atoms with E-state index < -0.39 is 15.2 Å². The molecule has 0 heterocycles. The first kappa shape index (κ1) is 24.4. The molecule has 0 aliphatic carbocycles. The van der Waals surface area contributed by atoms with Crippen molar-refractivity contribution in [2.24, 2.45) is 0 Å². The van der Waals surface area contributed by atoms with E-state index >= 15 is 0 Å². The van der Waals surface area contributed by atoms with E-state index in [0.29, 0.717) is 6.42 Å². The van der Waals surface area contributed by atoms with Crippen molar-refractivity contribution in [1.82, 2.24) is 0 Å². The summed E-state index contributed by atoms with van der Waals surface area (Å²) in [6.07, 6.45) is 2.69. The van der Waals surface area contributed by atoms with Crippen LogP contribution in [0.5, 0.6) is 0 Å². The fourth-order valence-corrected chi connectivity index (χ4v) is 3.94. The second-order valence-electron chi connectivity index (χ2n) is 3.40. The maximum Gasteiger partial charge on any atom is 1.00 e. The van der Waals surface area contributed by atoms with Crippen molar-refractivity contribution in [2.75, 3.05) is 12.3 Å². The Balaban J connectivity index is -0.000000980. The van der Waals surface area contributed by atoms with Crippen LogP contribution in [0.25, 0.3) is 0 Å². The molecule has 0 aromatic carbocycles. The summed E-state index contributed by atoms with van der Waals surface area (Å²) in [5, 5.41) is 0. The molecule has 0 rings (SSSR count). The first-order valence-corrected chi connectivity index (χ1v) is 8.60. The van der Waals surface area contributed by atoms with Crippen molar-refractivity contribution in [3.05, 3.63) is 0 Å². The summed E-state index contributed by atoms with van der Waals surface area (Å²) in [4.78, 5) is 22.1. The smallest absolute Gasteiger partial charge is 0.778 e. The summed E-state index contributed by atoms with van der Waals surface area (Å²) in [5.74, 6) is 0. The van der Waals surface area contributed by atoms with E-state index in [2.05, 4.69) is 4.31 Å². The molecular formula is C8H18Na2O5P2. The molecule has 0 saturated carbocycles. The molecule has 0 amide bonds. The number of hydrogen-bond acceptors (Lipinski definition) is 5. The van der Waals surface area contributed by atoms with Gasteiger partial charge in [-0.2, -0.15) is 0 Å². The topological polar surface area (TPSA) is 89.5 Å². The maximum atomic E-state index is 11.2. The van der Waals surface area contributed by atoms with Crippen LogP contribution in [0.15, 0.2) is 0 Å². The van der Waals surface area contributed by atoms with Gasteiger partial charge in [-0.25, -0.2) is 0 Å². The van der Waals surface area contributed by atoms with Crippen molar-refractivity contribution in [3.63, 3.8) is 0 Å². The van der Waals surface area contributed by atoms with E-state index in [9.17, 15) is 18.9 Å². The fraction of sp³-hybridized carbons (Fsp3) is 1.00. The molecule has 0 aromatic rings. The molecule has 17 heavy (non-hydrogen) atoms. The summed E-state index contributed by atoms with van der Waals surface area (Å²) >= 11 is 0. The van der Waals surface area contributed by atoms with Crippen LogP contribution in [0.4, 0.5) is 0 Å². The third-order valence-corrected chi connectivity index (χ3v) is 5.55. The van der Waals surface area contributed by atoms with E-state index in [1.54, 1.807) is 0 Å². The second-order valence-corrected chi connectivity index (χ2v) is 7.58. The van der Waals surface area contributed by atoms with Gasteiger partial charge in [-0.3, -0.25) is 4.31 Å². The summed E-state index contributed by atoms with van der Waals surface area (Å²) in [6.45, 7) is 3.36. The van der Waals surface area contributed by atoms with Gasteiger partial charge in [0.1, 0.15) is 15.2 Å². The van der Waals surface area contributed by atoms with Crippen LogP contribution in [0.2, 0.25) is 0 Å². The molecule has 2 atom stereocenters. The Kier molecular flexibility index (Phi) is 17.4. The van der Waals surface area contributed by atoms with Crippen molar-refractivity contribution < 1.29 is 82.3 Å². The molecule has 0 radical (unpaired) electrons. The number of unbranched alkanes of at least 4 members (excludes halogenated alkanes) is 3. The Bertz CT molecular complexity index is 275. The molecule has 0 N–H and O–H groups in total. The molecule has 0 spiro atoms. The quantitative estimate of drug-likeness (QED) is 0.257. The summed E-state index contributed by atoms with van der Waals surface area (Å²) in [7, 11) is -8.37. The number of hydrogen-bond donors (Lipinski definition) is 0. The molecule has 0 aromatic heterocycles. The normalized spacial score (nSPS) is 17.2. The van der Waals surface area contributed by atoms with Crippen LogP contribution in [-0.2, 0) is 13.4 Å². The Hall–Kier alpha value is 2.34. The SMILES string of the molecule is CCCCCCP(=O)([O-])OP(=O)([O-])CC.[Na+].[Na+]. The molecule has 0 aliphatic heterocycles. The van der Waals surface area contributed by atoms with Crippen molar-refractivity contribution in [3.8, 4) is 0 Å². The van der Waals surface area contributed by atoms with E-state index in [0.717, 1.165) is 19.3 Å². The molecule has 0 bridgehead atoms. The monoisotopic (exact) mass is 302 g/mol. The van der Waals surface area contributed by atoms with Gasteiger partial charge in [0, 0.05) is 12.3 Å². The van der Waals surface area contributed by atoms with E-state index in [4.69, 9.17) is 0 Å². The van der Waals surface area contributed by atoms with Crippen LogP contribution in [0.1, 0.15) is 39.5 Å². The van der Waals surface area contributed by atoms with Gasteiger partial charge in [0.25, 0.3) is 0 Å². The minimum absolute atomic E-state index is 0. The van der Waals surface area contributed by atoms with Gasteiger partial charge in [-0.05, 0) is 6.42 Å². The largest absolute Gasteiger partial charge is 1.00 e. The molecule has 2 unspecified atom stereocenters. The zero-order valence-corrected chi connectivity index (χ0v) is 17.0. The van der Waals surface area contributed by atoms with Crippen molar-refractivity contribution >= 4 is 15.2 Å². The van der Waals surface area contributed by atoms with Crippen LogP contribution in [-0.4, -0.2) is 12.3 Å². The number of rotatable bonds is 8. The Morgan fingerprint density at radius 2 is 1.47 bits per heavy atom. The van der Waals surface area contributed by atoms with Gasteiger partial charge in [-0.15, -0.1) is 0 Å². The summed E-state index contributed by atoms with van der Waals surface area (Å²) < 4.78 is 26.3. The zero-order chi connectivity index (χ0) is 11.9. The Morgan fingerprint density at radius 3 is 1.88 bits per heavy atom. The third-order valence-electron chi connectivity index (χ3n) is 1.92. The average molecular weight is 302 g/mol. The minimum atomic E-state index is -4.20. The summed E-state index contributed by atoms with van der Waals surface area (Å²) in [5.41, 5.74) is 0. The van der Waals surface area contributed by atoms with Crippen molar-refractivity contribution in [1.29, 1.82) is 0 Å². The molecule has 0 saturated heterocycles. The Labute approximate surface area is 148 Å². The second kappa shape index (κ2) is 12.1. The molecule has 0 aliphatic rings. The van der Waals surface area contributed by atoms with E-state index in [1.165, 1.54) is 6.92 Å². The predicted molar refractivity (Wildman–Crippen MR) is 55.8 cm³/mol. The van der Waals surface area contributed by atoms with Crippen molar-refractivity contribution in [2.45, 2.75) is 39.5 Å². The van der Waals surface area contributed by atoms with Crippen LogP contribution in [0, 0.1) is 0 Å². The first-order chi connectivity index (χ1) is 6.83. The van der Waals surface area contributed by atoms with Crippen LogP contribution in [0.3, 0.4) is 0 Å². The van der Waals surface area contributed by atoms with Crippen LogP contribution < -0.4 is 68.9 Å². The van der Waals surface area contributed by atoms with Gasteiger partial charge in [-0.1, -0.05) is 33.1 Å². The van der Waals surface area contributed by atoms with Gasteiger partial charge < -0.3 is 18.9 Å². The summed E-state index contributed by atoms with van der Waals surface area (Å²) in [6, 6.07) is 0. The molecule has 5 nitrogen and oxygen atoms in total. The molecule has 0 fully saturated rings. The molecule has 9 heteroatoms. The maximum absolute atomic E-state index is 11.2. The van der Waals surface area contributed by atoms with Gasteiger partial charge in [0.05, 0.1) is 0 Å². The van der Waals surface area contributed by atoms with Gasteiger partial charge >= 0.3 is 59.1 Å². The minimum Gasteiger partial charge on any atom is -0.778 e.